The van der Waals surface area contributed by atoms with Gasteiger partial charge in [-0.15, -0.1) is 0 Å². The van der Waals surface area contributed by atoms with Crippen molar-refractivity contribution in [2.75, 3.05) is 15.4 Å². The highest BCUT2D eigenvalue weighted by molar-refractivity contribution is 8.00. The van der Waals surface area contributed by atoms with Crippen LogP contribution in [0.2, 0.25) is 0 Å². The Balaban J connectivity index is 1.31. The molecule has 0 bridgehead atoms. The van der Waals surface area contributed by atoms with E-state index in [4.69, 9.17) is 4.74 Å². The summed E-state index contributed by atoms with van der Waals surface area (Å²) in [4.78, 5) is 12.3. The van der Waals surface area contributed by atoms with Crippen LogP contribution in [0.5, 0.6) is 11.5 Å². The van der Waals surface area contributed by atoms with Crippen LogP contribution in [0.4, 0.5) is 39.4 Å². The molecule has 0 saturated heterocycles. The van der Waals surface area contributed by atoms with Crippen molar-refractivity contribution in [3.63, 3.8) is 0 Å². The number of sulfonamides is 1. The molecule has 0 atom stereocenters. The van der Waals surface area contributed by atoms with E-state index in [9.17, 15) is 35.9 Å². The molecule has 214 valence electrons. The number of benzene rings is 4. The van der Waals surface area contributed by atoms with Gasteiger partial charge in [-0.1, -0.05) is 12.1 Å². The molecule has 0 saturated carbocycles. The van der Waals surface area contributed by atoms with Crippen LogP contribution in [0.25, 0.3) is 0 Å². The van der Waals surface area contributed by atoms with E-state index in [1.165, 1.54) is 42.5 Å². The summed E-state index contributed by atoms with van der Waals surface area (Å²) in [6, 6.07) is 19.3. The molecule has 2 amide bonds. The highest BCUT2D eigenvalue weighted by Gasteiger charge is 2.29. The molecule has 0 unspecified atom stereocenters. The summed E-state index contributed by atoms with van der Waals surface area (Å²) in [5, 5.41) is 15.2. The number of ether oxygens (including phenoxy) is 1. The number of rotatable bonds is 9. The minimum atomic E-state index is -4.36. The minimum Gasteiger partial charge on any atom is -0.506 e. The molecular formula is C27H21F4N3O5S2. The Bertz CT molecular complexity index is 1620. The number of urea groups is 1. The Kier molecular flexibility index (Phi) is 8.93. The molecule has 41 heavy (non-hydrogen) atoms. The third kappa shape index (κ3) is 8.78. The molecule has 0 aliphatic heterocycles. The van der Waals surface area contributed by atoms with E-state index in [1.54, 1.807) is 24.3 Å². The third-order valence-electron chi connectivity index (χ3n) is 5.30. The molecule has 0 aliphatic rings. The number of anilines is 3. The second kappa shape index (κ2) is 12.4. The van der Waals surface area contributed by atoms with Crippen LogP contribution >= 0.6 is 11.8 Å². The summed E-state index contributed by atoms with van der Waals surface area (Å²) >= 11 is -0.196. The number of alkyl halides is 3. The van der Waals surface area contributed by atoms with Gasteiger partial charge in [0, 0.05) is 16.3 Å². The minimum absolute atomic E-state index is 0.0739. The van der Waals surface area contributed by atoms with Crippen molar-refractivity contribution < 1.29 is 40.6 Å². The summed E-state index contributed by atoms with van der Waals surface area (Å²) in [7, 11) is -4.14. The maximum atomic E-state index is 13.1. The second-order valence-corrected chi connectivity index (χ2v) is 11.2. The number of nitrogens with one attached hydrogen (secondary N) is 3. The number of carbonyl (C=O) groups is 1. The lowest BCUT2D eigenvalue weighted by molar-refractivity contribution is -0.0328. The Hall–Kier alpha value is -4.43. The standard InChI is InChI=1S/C27H21F4N3O5S2/c28-18-3-12-23(13-4-18)41(37,38)34-24-15-20(7-14-25(24)35)33-26(36)32-19-5-8-21(9-6-19)39-16-17-1-10-22(11-2-17)40-27(29,30)31/h1-15,34-35H,16H2,(H2,32,33,36). The SMILES string of the molecule is O=C(Nc1ccc(OCc2ccc(SC(F)(F)F)cc2)cc1)Nc1ccc(O)c(NS(=O)(=O)c2ccc(F)cc2)c1. The fourth-order valence-electron chi connectivity index (χ4n) is 3.39. The average molecular weight is 608 g/mol. The molecule has 4 aromatic carbocycles. The number of hydrogen-bond donors (Lipinski definition) is 4. The lowest BCUT2D eigenvalue weighted by Crippen LogP contribution is -2.19. The first-order valence-corrected chi connectivity index (χ1v) is 13.9. The normalized spacial score (nSPS) is 11.5. The van der Waals surface area contributed by atoms with Crippen molar-refractivity contribution in [2.24, 2.45) is 0 Å². The van der Waals surface area contributed by atoms with Crippen molar-refractivity contribution in [1.29, 1.82) is 0 Å². The van der Waals surface area contributed by atoms with E-state index in [1.807, 2.05) is 0 Å². The summed E-state index contributed by atoms with van der Waals surface area (Å²) in [6.45, 7) is 0.123. The van der Waals surface area contributed by atoms with E-state index in [2.05, 4.69) is 15.4 Å². The van der Waals surface area contributed by atoms with Gasteiger partial charge in [0.25, 0.3) is 10.0 Å². The fourth-order valence-corrected chi connectivity index (χ4v) is 5.00. The maximum Gasteiger partial charge on any atom is 0.446 e. The van der Waals surface area contributed by atoms with Crippen molar-refractivity contribution in [3.8, 4) is 11.5 Å². The molecule has 8 nitrogen and oxygen atoms in total. The van der Waals surface area contributed by atoms with Gasteiger partial charge in [0.2, 0.25) is 0 Å². The Morgan fingerprint density at radius 2 is 1.46 bits per heavy atom. The molecule has 0 radical (unpaired) electrons. The van der Waals surface area contributed by atoms with Gasteiger partial charge < -0.3 is 20.5 Å². The zero-order valence-corrected chi connectivity index (χ0v) is 22.4. The molecule has 4 rings (SSSR count). The second-order valence-electron chi connectivity index (χ2n) is 8.38. The zero-order chi connectivity index (χ0) is 29.6. The molecule has 0 spiro atoms. The number of halogens is 4. The Labute approximate surface area is 236 Å². The van der Waals surface area contributed by atoms with E-state index >= 15 is 0 Å². The van der Waals surface area contributed by atoms with E-state index in [-0.39, 0.29) is 39.5 Å². The molecule has 4 N–H and O–H groups in total. The Morgan fingerprint density at radius 1 is 0.854 bits per heavy atom. The first kappa shape index (κ1) is 29.6. The van der Waals surface area contributed by atoms with Gasteiger partial charge >= 0.3 is 11.5 Å². The summed E-state index contributed by atoms with van der Waals surface area (Å²) in [6.07, 6.45) is 0. The summed E-state index contributed by atoms with van der Waals surface area (Å²) in [5.74, 6) is -0.545. The van der Waals surface area contributed by atoms with Gasteiger partial charge in [-0.25, -0.2) is 17.6 Å². The molecule has 4 aromatic rings. The number of amides is 2. The zero-order valence-electron chi connectivity index (χ0n) is 20.8. The van der Waals surface area contributed by atoms with Gasteiger partial charge in [0.05, 0.1) is 10.6 Å². The van der Waals surface area contributed by atoms with Crippen LogP contribution < -0.4 is 20.1 Å². The number of hydrogen-bond acceptors (Lipinski definition) is 6. The van der Waals surface area contributed by atoms with Crippen LogP contribution in [-0.2, 0) is 16.6 Å². The number of thioether (sulfide) groups is 1. The van der Waals surface area contributed by atoms with Gasteiger partial charge in [-0.2, -0.15) is 13.2 Å². The van der Waals surface area contributed by atoms with Crippen molar-refractivity contribution >= 4 is 44.9 Å². The van der Waals surface area contributed by atoms with Crippen molar-refractivity contribution in [2.45, 2.75) is 21.9 Å². The lowest BCUT2D eigenvalue weighted by Gasteiger charge is -2.13. The quantitative estimate of drug-likeness (QED) is 0.0694. The highest BCUT2D eigenvalue weighted by atomic mass is 32.2. The van der Waals surface area contributed by atoms with Crippen LogP contribution in [0, 0.1) is 5.82 Å². The molecule has 0 aromatic heterocycles. The largest absolute Gasteiger partial charge is 0.506 e. The van der Waals surface area contributed by atoms with Gasteiger partial charge in [-0.3, -0.25) is 4.72 Å². The number of aromatic hydroxyl groups is 1. The van der Waals surface area contributed by atoms with Gasteiger partial charge in [0.15, 0.2) is 0 Å². The topological polar surface area (TPSA) is 117 Å². The monoisotopic (exact) mass is 607 g/mol. The van der Waals surface area contributed by atoms with Crippen LogP contribution in [0.1, 0.15) is 5.56 Å². The molecular weight excluding hydrogens is 586 g/mol. The first-order chi connectivity index (χ1) is 19.4. The summed E-state index contributed by atoms with van der Waals surface area (Å²) in [5.41, 5.74) is -3.32. The number of phenols is 1. The summed E-state index contributed by atoms with van der Waals surface area (Å²) < 4.78 is 83.4. The van der Waals surface area contributed by atoms with Crippen molar-refractivity contribution in [1.82, 2.24) is 0 Å². The molecule has 14 heteroatoms. The van der Waals surface area contributed by atoms with E-state index in [0.29, 0.717) is 17.0 Å². The smallest absolute Gasteiger partial charge is 0.446 e. The maximum absolute atomic E-state index is 13.1. The lowest BCUT2D eigenvalue weighted by atomic mass is 10.2. The van der Waals surface area contributed by atoms with Gasteiger partial charge in [0.1, 0.15) is 23.9 Å². The van der Waals surface area contributed by atoms with Crippen molar-refractivity contribution in [3.05, 3.63) is 102 Å². The first-order valence-electron chi connectivity index (χ1n) is 11.6. The number of phenolic OH excluding ortho intramolecular Hbond substituents is 1. The highest BCUT2D eigenvalue weighted by Crippen LogP contribution is 2.36. The predicted octanol–water partition coefficient (Wildman–Crippen LogP) is 7.17. The van der Waals surface area contributed by atoms with Crippen LogP contribution in [0.3, 0.4) is 0 Å². The Morgan fingerprint density at radius 3 is 2.10 bits per heavy atom. The number of carbonyl (C=O) groups excluding carboxylic acids is 1. The molecule has 0 aliphatic carbocycles. The predicted molar refractivity (Wildman–Crippen MR) is 147 cm³/mol. The van der Waals surface area contributed by atoms with E-state index in [0.717, 1.165) is 24.3 Å². The van der Waals surface area contributed by atoms with E-state index < -0.39 is 33.1 Å². The average Bonchev–Trinajstić information content (AvgIpc) is 2.90. The van der Waals surface area contributed by atoms with Crippen LogP contribution in [-0.4, -0.2) is 25.1 Å². The van der Waals surface area contributed by atoms with Gasteiger partial charge in [-0.05, 0) is 96.2 Å². The van der Waals surface area contributed by atoms with Crippen LogP contribution in [0.15, 0.2) is 101 Å². The molecule has 0 fully saturated rings. The third-order valence-corrected chi connectivity index (χ3v) is 7.42. The molecule has 0 heterocycles. The fraction of sp³-hybridized carbons (Fsp3) is 0.0741.